The van der Waals surface area contributed by atoms with E-state index in [-0.39, 0.29) is 12.1 Å². The van der Waals surface area contributed by atoms with E-state index in [4.69, 9.17) is 4.74 Å². The lowest BCUT2D eigenvalue weighted by atomic mass is 10.0. The number of aromatic nitrogens is 1. The highest BCUT2D eigenvalue weighted by Gasteiger charge is 2.15. The summed E-state index contributed by atoms with van der Waals surface area (Å²) in [5.41, 5.74) is 1.57. The molecule has 0 fully saturated rings. The molecule has 2 amide bonds. The van der Waals surface area contributed by atoms with Crippen LogP contribution in [-0.4, -0.2) is 30.7 Å². The number of rotatable bonds is 7. The van der Waals surface area contributed by atoms with Gasteiger partial charge in [0.2, 0.25) is 5.88 Å². The van der Waals surface area contributed by atoms with Crippen LogP contribution in [0, 0.1) is 5.92 Å². The first-order valence-corrected chi connectivity index (χ1v) is 7.95. The van der Waals surface area contributed by atoms with Crippen molar-refractivity contribution in [3.8, 4) is 5.88 Å². The first kappa shape index (κ1) is 17.6. The fraction of sp³-hybridized carbons (Fsp3) is 0.333. The molecule has 0 saturated heterocycles. The number of anilines is 2. The lowest BCUT2D eigenvalue weighted by Gasteiger charge is -2.24. The number of ether oxygens (including phenoxy) is 1. The predicted molar refractivity (Wildman–Crippen MR) is 96.5 cm³/mol. The van der Waals surface area contributed by atoms with E-state index in [1.807, 2.05) is 30.3 Å². The number of methoxy groups -OCH3 is 1. The fourth-order valence-electron chi connectivity index (χ4n) is 2.22. The second-order valence-corrected chi connectivity index (χ2v) is 5.76. The van der Waals surface area contributed by atoms with E-state index in [0.717, 1.165) is 5.69 Å². The van der Waals surface area contributed by atoms with Gasteiger partial charge in [0.15, 0.2) is 0 Å². The maximum atomic E-state index is 12.1. The van der Waals surface area contributed by atoms with Gasteiger partial charge in [0.25, 0.3) is 0 Å². The summed E-state index contributed by atoms with van der Waals surface area (Å²) in [6.45, 7) is 4.73. The molecule has 1 atom stereocenters. The number of para-hydroxylation sites is 1. The summed E-state index contributed by atoms with van der Waals surface area (Å²) < 4.78 is 5.12. The number of urea groups is 1. The van der Waals surface area contributed by atoms with Gasteiger partial charge in [-0.2, -0.15) is 0 Å². The molecule has 0 radical (unpaired) electrons. The summed E-state index contributed by atoms with van der Waals surface area (Å²) in [5.74, 6) is 0.744. The summed E-state index contributed by atoms with van der Waals surface area (Å²) in [6.07, 6.45) is 1.61. The third kappa shape index (κ3) is 5.15. The molecule has 2 rings (SSSR count). The number of nitrogens with one attached hydrogen (secondary N) is 3. The number of hydrogen-bond acceptors (Lipinski definition) is 4. The van der Waals surface area contributed by atoms with Gasteiger partial charge < -0.3 is 20.7 Å². The second kappa shape index (κ2) is 8.76. The van der Waals surface area contributed by atoms with Crippen molar-refractivity contribution in [1.29, 1.82) is 0 Å². The van der Waals surface area contributed by atoms with Gasteiger partial charge in [0.05, 0.1) is 7.11 Å². The molecule has 3 N–H and O–H groups in total. The molecule has 1 heterocycles. The first-order chi connectivity index (χ1) is 11.6. The Balaban J connectivity index is 1.90. The van der Waals surface area contributed by atoms with Crippen LogP contribution in [0.5, 0.6) is 5.88 Å². The quantitative estimate of drug-likeness (QED) is 0.728. The van der Waals surface area contributed by atoms with Crippen molar-refractivity contribution in [2.75, 3.05) is 24.3 Å². The molecule has 6 nitrogen and oxygen atoms in total. The van der Waals surface area contributed by atoms with Gasteiger partial charge in [-0.1, -0.05) is 32.0 Å². The lowest BCUT2D eigenvalue weighted by molar-refractivity contribution is 0.251. The Morgan fingerprint density at radius 2 is 1.92 bits per heavy atom. The van der Waals surface area contributed by atoms with Gasteiger partial charge in [-0.3, -0.25) is 0 Å². The van der Waals surface area contributed by atoms with E-state index in [0.29, 0.717) is 24.0 Å². The van der Waals surface area contributed by atoms with Crippen LogP contribution in [0.15, 0.2) is 48.7 Å². The molecule has 0 saturated carbocycles. The minimum Gasteiger partial charge on any atom is -0.480 e. The number of benzene rings is 1. The van der Waals surface area contributed by atoms with Crippen LogP contribution in [-0.2, 0) is 0 Å². The summed E-state index contributed by atoms with van der Waals surface area (Å²) in [5, 5.41) is 9.08. The van der Waals surface area contributed by atoms with Crippen LogP contribution < -0.4 is 20.7 Å². The Bertz CT molecular complexity index is 646. The smallest absolute Gasteiger partial charge is 0.319 e. The molecule has 0 spiro atoms. The van der Waals surface area contributed by atoms with Gasteiger partial charge in [-0.15, -0.1) is 0 Å². The van der Waals surface area contributed by atoms with Gasteiger partial charge in [-0.25, -0.2) is 9.78 Å². The van der Waals surface area contributed by atoms with Crippen LogP contribution in [0.25, 0.3) is 0 Å². The van der Waals surface area contributed by atoms with Crippen LogP contribution in [0.2, 0.25) is 0 Å². The molecule has 6 heteroatoms. The zero-order valence-electron chi connectivity index (χ0n) is 14.2. The van der Waals surface area contributed by atoms with E-state index in [9.17, 15) is 4.79 Å². The predicted octanol–water partition coefficient (Wildman–Crippen LogP) is 3.35. The van der Waals surface area contributed by atoms with Crippen molar-refractivity contribution in [2.24, 2.45) is 5.92 Å². The Labute approximate surface area is 142 Å². The largest absolute Gasteiger partial charge is 0.480 e. The topological polar surface area (TPSA) is 75.3 Å². The molecule has 1 aromatic heterocycles. The number of amides is 2. The van der Waals surface area contributed by atoms with E-state index in [1.165, 1.54) is 7.11 Å². The number of pyridine rings is 1. The highest BCUT2D eigenvalue weighted by atomic mass is 16.5. The average Bonchev–Trinajstić information content (AvgIpc) is 2.59. The zero-order chi connectivity index (χ0) is 17.4. The molecule has 24 heavy (non-hydrogen) atoms. The van der Waals surface area contributed by atoms with Crippen molar-refractivity contribution >= 4 is 17.4 Å². The van der Waals surface area contributed by atoms with Crippen LogP contribution in [0.4, 0.5) is 16.2 Å². The Morgan fingerprint density at radius 3 is 2.58 bits per heavy atom. The van der Waals surface area contributed by atoms with Crippen molar-refractivity contribution in [2.45, 2.75) is 19.9 Å². The third-order valence-corrected chi connectivity index (χ3v) is 3.63. The van der Waals surface area contributed by atoms with Crippen molar-refractivity contribution in [3.05, 3.63) is 48.7 Å². The molecule has 0 aliphatic carbocycles. The average molecular weight is 328 g/mol. The van der Waals surface area contributed by atoms with Crippen LogP contribution in [0.3, 0.4) is 0 Å². The molecule has 1 aromatic carbocycles. The maximum Gasteiger partial charge on any atom is 0.319 e. The Morgan fingerprint density at radius 1 is 1.17 bits per heavy atom. The monoisotopic (exact) mass is 328 g/mol. The molecular formula is C18H24N4O2. The van der Waals surface area contributed by atoms with Crippen LogP contribution in [0.1, 0.15) is 13.8 Å². The van der Waals surface area contributed by atoms with Gasteiger partial charge in [-0.05, 0) is 30.2 Å². The normalized spacial score (nSPS) is 11.7. The molecule has 128 valence electrons. The number of carbonyl (C=O) groups is 1. The van der Waals surface area contributed by atoms with E-state index in [2.05, 4.69) is 34.8 Å². The molecule has 0 bridgehead atoms. The first-order valence-electron chi connectivity index (χ1n) is 7.95. The summed E-state index contributed by atoms with van der Waals surface area (Å²) in [6, 6.07) is 13.3. The SMILES string of the molecule is COc1ncccc1NC(=O)NC[C@@H](Nc1ccccc1)C(C)C. The minimum absolute atomic E-state index is 0.119. The van der Waals surface area contributed by atoms with Crippen molar-refractivity contribution in [3.63, 3.8) is 0 Å². The van der Waals surface area contributed by atoms with E-state index >= 15 is 0 Å². The van der Waals surface area contributed by atoms with Gasteiger partial charge >= 0.3 is 6.03 Å². The van der Waals surface area contributed by atoms with E-state index in [1.54, 1.807) is 18.3 Å². The van der Waals surface area contributed by atoms with Crippen LogP contribution >= 0.6 is 0 Å². The van der Waals surface area contributed by atoms with Gasteiger partial charge in [0.1, 0.15) is 5.69 Å². The Hall–Kier alpha value is -2.76. The minimum atomic E-state index is -0.290. The molecule has 0 aliphatic heterocycles. The highest BCUT2D eigenvalue weighted by molar-refractivity contribution is 5.90. The molecule has 0 aliphatic rings. The standard InChI is InChI=1S/C18H24N4O2/c1-13(2)16(21-14-8-5-4-6-9-14)12-20-18(23)22-15-10-7-11-19-17(15)24-3/h4-11,13,16,21H,12H2,1-3H3,(H2,20,22,23)/t16-/m1/s1. The molecule has 0 unspecified atom stereocenters. The van der Waals surface area contributed by atoms with Gasteiger partial charge in [0, 0.05) is 24.5 Å². The third-order valence-electron chi connectivity index (χ3n) is 3.63. The zero-order valence-corrected chi connectivity index (χ0v) is 14.2. The number of carbonyl (C=O) groups excluding carboxylic acids is 1. The van der Waals surface area contributed by atoms with Crippen molar-refractivity contribution in [1.82, 2.24) is 10.3 Å². The second-order valence-electron chi connectivity index (χ2n) is 5.76. The Kier molecular flexibility index (Phi) is 6.42. The number of nitrogens with zero attached hydrogens (tertiary/aromatic N) is 1. The molecular weight excluding hydrogens is 304 g/mol. The fourth-order valence-corrected chi connectivity index (χ4v) is 2.22. The maximum absolute atomic E-state index is 12.1. The lowest BCUT2D eigenvalue weighted by Crippen LogP contribution is -2.41. The summed E-state index contributed by atoms with van der Waals surface area (Å²) in [7, 11) is 1.52. The van der Waals surface area contributed by atoms with E-state index < -0.39 is 0 Å². The summed E-state index contributed by atoms with van der Waals surface area (Å²) in [4.78, 5) is 16.2. The molecule has 2 aromatic rings. The number of hydrogen-bond donors (Lipinski definition) is 3. The highest BCUT2D eigenvalue weighted by Crippen LogP contribution is 2.19. The van der Waals surface area contributed by atoms with Crippen molar-refractivity contribution < 1.29 is 9.53 Å². The summed E-state index contributed by atoms with van der Waals surface area (Å²) >= 11 is 0.